The van der Waals surface area contributed by atoms with Gasteiger partial charge in [0.15, 0.2) is 0 Å². The molecule has 8 nitrogen and oxygen atoms in total. The van der Waals surface area contributed by atoms with Crippen molar-refractivity contribution in [2.45, 2.75) is 39.0 Å². The van der Waals surface area contributed by atoms with Gasteiger partial charge in [-0.25, -0.2) is 13.4 Å². The third kappa shape index (κ3) is 3.18. The molecule has 1 aliphatic rings. The molecule has 0 fully saturated rings. The van der Waals surface area contributed by atoms with Crippen molar-refractivity contribution in [1.82, 2.24) is 14.4 Å². The van der Waals surface area contributed by atoms with Crippen molar-refractivity contribution < 1.29 is 17.7 Å². The monoisotopic (exact) mass is 428 g/mol. The lowest BCUT2D eigenvalue weighted by atomic mass is 10.1. The first kappa shape index (κ1) is 20.5. The van der Waals surface area contributed by atoms with E-state index in [2.05, 4.69) is 10.1 Å². The number of anilines is 1. The largest absolute Gasteiger partial charge is 0.336 e. The van der Waals surface area contributed by atoms with Crippen molar-refractivity contribution >= 4 is 32.7 Å². The number of pyridine rings is 1. The third-order valence-corrected chi connectivity index (χ3v) is 7.56. The van der Waals surface area contributed by atoms with Crippen molar-refractivity contribution in [3.05, 3.63) is 46.8 Å². The number of amides is 1. The second kappa shape index (κ2) is 7.48. The van der Waals surface area contributed by atoms with Gasteiger partial charge in [0, 0.05) is 31.0 Å². The van der Waals surface area contributed by atoms with E-state index in [1.165, 1.54) is 4.31 Å². The van der Waals surface area contributed by atoms with E-state index in [-0.39, 0.29) is 10.8 Å². The van der Waals surface area contributed by atoms with Crippen LogP contribution in [-0.2, 0) is 16.4 Å². The van der Waals surface area contributed by atoms with E-state index in [9.17, 15) is 13.2 Å². The fourth-order valence-electron chi connectivity index (χ4n) is 3.99. The van der Waals surface area contributed by atoms with Crippen LogP contribution >= 0.6 is 0 Å². The molecule has 0 aliphatic carbocycles. The van der Waals surface area contributed by atoms with Gasteiger partial charge < -0.3 is 9.42 Å². The minimum absolute atomic E-state index is 0.171. The summed E-state index contributed by atoms with van der Waals surface area (Å²) < 4.78 is 32.4. The number of nitrogens with zero attached hydrogens (tertiary/aromatic N) is 4. The van der Waals surface area contributed by atoms with E-state index in [0.717, 1.165) is 11.3 Å². The van der Waals surface area contributed by atoms with E-state index in [1.54, 1.807) is 43.0 Å². The maximum absolute atomic E-state index is 13.4. The summed E-state index contributed by atoms with van der Waals surface area (Å²) in [5.74, 6) is -0.171. The second-order valence-corrected chi connectivity index (χ2v) is 9.28. The molecule has 0 saturated heterocycles. The van der Waals surface area contributed by atoms with Crippen molar-refractivity contribution in [2.75, 3.05) is 24.5 Å². The standard InChI is InChI=1S/C21H24N4O4S/c1-5-24(6-2)30(27,28)16-7-8-18-15(12-16)9-10-25(18)21(26)17-11-13(3)22-20-19(17)14(4)23-29-20/h7-8,11-12H,5-6,9-10H2,1-4H3. The van der Waals surface area contributed by atoms with Gasteiger partial charge >= 0.3 is 0 Å². The van der Waals surface area contributed by atoms with Gasteiger partial charge in [-0.2, -0.15) is 4.31 Å². The fraction of sp³-hybridized carbons (Fsp3) is 0.381. The van der Waals surface area contributed by atoms with Crippen LogP contribution in [0.15, 0.2) is 33.7 Å². The van der Waals surface area contributed by atoms with Gasteiger partial charge in [0.2, 0.25) is 10.0 Å². The Kier molecular flexibility index (Phi) is 5.11. The van der Waals surface area contributed by atoms with E-state index < -0.39 is 10.0 Å². The minimum atomic E-state index is -3.54. The minimum Gasteiger partial charge on any atom is -0.336 e. The number of hydrogen-bond donors (Lipinski definition) is 0. The SMILES string of the molecule is CCN(CC)S(=O)(=O)c1ccc2c(c1)CCN2C(=O)c1cc(C)nc2onc(C)c12. The Hall–Kier alpha value is -2.78. The molecule has 158 valence electrons. The molecule has 9 heteroatoms. The molecule has 4 rings (SSSR count). The molecule has 2 aromatic heterocycles. The quantitative estimate of drug-likeness (QED) is 0.620. The number of aryl methyl sites for hydroxylation is 2. The van der Waals surface area contributed by atoms with Crippen LogP contribution in [0.4, 0.5) is 5.69 Å². The predicted molar refractivity (Wildman–Crippen MR) is 113 cm³/mol. The molecule has 0 radical (unpaired) electrons. The highest BCUT2D eigenvalue weighted by molar-refractivity contribution is 7.89. The van der Waals surface area contributed by atoms with Gasteiger partial charge in [-0.15, -0.1) is 0 Å². The lowest BCUT2D eigenvalue weighted by Crippen LogP contribution is -2.31. The number of hydrogen-bond acceptors (Lipinski definition) is 6. The van der Waals surface area contributed by atoms with Gasteiger partial charge in [0.1, 0.15) is 0 Å². The summed E-state index contributed by atoms with van der Waals surface area (Å²) in [6.07, 6.45) is 0.596. The first-order chi connectivity index (χ1) is 14.3. The molecule has 0 unspecified atom stereocenters. The van der Waals surface area contributed by atoms with Crippen LogP contribution in [0, 0.1) is 13.8 Å². The zero-order valence-electron chi connectivity index (χ0n) is 17.5. The molecule has 3 heterocycles. The maximum Gasteiger partial charge on any atom is 0.259 e. The average molecular weight is 429 g/mol. The van der Waals surface area contributed by atoms with E-state index in [4.69, 9.17) is 4.52 Å². The van der Waals surface area contributed by atoms with Crippen LogP contribution in [0.1, 0.15) is 41.2 Å². The average Bonchev–Trinajstić information content (AvgIpc) is 3.30. The number of rotatable bonds is 5. The summed E-state index contributed by atoms with van der Waals surface area (Å²) in [5.41, 5.74) is 3.69. The highest BCUT2D eigenvalue weighted by Gasteiger charge is 2.30. The molecule has 0 bridgehead atoms. The summed E-state index contributed by atoms with van der Waals surface area (Å²) in [6.45, 7) is 8.53. The summed E-state index contributed by atoms with van der Waals surface area (Å²) in [4.78, 5) is 19.7. The predicted octanol–water partition coefficient (Wildman–Crippen LogP) is 3.07. The lowest BCUT2D eigenvalue weighted by molar-refractivity contribution is 0.0990. The van der Waals surface area contributed by atoms with Crippen LogP contribution in [0.5, 0.6) is 0 Å². The fourth-order valence-corrected chi connectivity index (χ4v) is 5.50. The molecule has 0 atom stereocenters. The number of carbonyl (C=O) groups is 1. The first-order valence-electron chi connectivity index (χ1n) is 9.96. The number of fused-ring (bicyclic) bond motifs is 2. The molecule has 1 amide bonds. The molecule has 3 aromatic rings. The molecular weight excluding hydrogens is 404 g/mol. The summed E-state index contributed by atoms with van der Waals surface area (Å²) in [6, 6.07) is 6.73. The van der Waals surface area contributed by atoms with Gasteiger partial charge in [0.25, 0.3) is 11.6 Å². The van der Waals surface area contributed by atoms with Crippen LogP contribution in [0.25, 0.3) is 11.1 Å². The molecule has 30 heavy (non-hydrogen) atoms. The molecule has 1 aromatic carbocycles. The maximum atomic E-state index is 13.4. The Morgan fingerprint density at radius 3 is 2.63 bits per heavy atom. The molecule has 0 spiro atoms. The van der Waals surface area contributed by atoms with Gasteiger partial charge in [0.05, 0.1) is 21.5 Å². The highest BCUT2D eigenvalue weighted by atomic mass is 32.2. The van der Waals surface area contributed by atoms with Crippen LogP contribution in [0.3, 0.4) is 0 Å². The Bertz CT molecular complexity index is 1250. The lowest BCUT2D eigenvalue weighted by Gasteiger charge is -2.20. The van der Waals surface area contributed by atoms with Crippen molar-refractivity contribution in [1.29, 1.82) is 0 Å². The highest BCUT2D eigenvalue weighted by Crippen LogP contribution is 2.33. The Morgan fingerprint density at radius 1 is 1.20 bits per heavy atom. The number of aromatic nitrogens is 2. The molecule has 0 saturated carbocycles. The number of benzene rings is 1. The van der Waals surface area contributed by atoms with Crippen molar-refractivity contribution in [3.8, 4) is 0 Å². The van der Waals surface area contributed by atoms with E-state index in [0.29, 0.717) is 54.1 Å². The normalized spacial score (nSPS) is 14.0. The summed E-state index contributed by atoms with van der Waals surface area (Å²) in [7, 11) is -3.54. The molecule has 0 N–H and O–H groups in total. The van der Waals surface area contributed by atoms with Crippen LogP contribution < -0.4 is 4.90 Å². The zero-order chi connectivity index (χ0) is 21.6. The van der Waals surface area contributed by atoms with Crippen LogP contribution in [-0.4, -0.2) is 48.4 Å². The number of sulfonamides is 1. The zero-order valence-corrected chi connectivity index (χ0v) is 18.3. The van der Waals surface area contributed by atoms with Crippen molar-refractivity contribution in [2.24, 2.45) is 0 Å². The van der Waals surface area contributed by atoms with Gasteiger partial charge in [-0.05, 0) is 50.1 Å². The number of carbonyl (C=O) groups excluding carboxylic acids is 1. The Balaban J connectivity index is 1.73. The van der Waals surface area contributed by atoms with Gasteiger partial charge in [-0.3, -0.25) is 4.79 Å². The van der Waals surface area contributed by atoms with Gasteiger partial charge in [-0.1, -0.05) is 19.0 Å². The topological polar surface area (TPSA) is 96.6 Å². The molecule has 1 aliphatic heterocycles. The first-order valence-corrected chi connectivity index (χ1v) is 11.4. The van der Waals surface area contributed by atoms with Crippen molar-refractivity contribution in [3.63, 3.8) is 0 Å². The second-order valence-electron chi connectivity index (χ2n) is 7.35. The summed E-state index contributed by atoms with van der Waals surface area (Å²) >= 11 is 0. The third-order valence-electron chi connectivity index (χ3n) is 5.51. The van der Waals surface area contributed by atoms with E-state index >= 15 is 0 Å². The summed E-state index contributed by atoms with van der Waals surface area (Å²) in [5, 5.41) is 4.55. The van der Waals surface area contributed by atoms with Crippen LogP contribution in [0.2, 0.25) is 0 Å². The Morgan fingerprint density at radius 2 is 1.93 bits per heavy atom. The molecular formula is C21H24N4O4S. The van der Waals surface area contributed by atoms with E-state index in [1.807, 2.05) is 13.8 Å². The smallest absolute Gasteiger partial charge is 0.259 e. The Labute approximate surface area is 175 Å².